The van der Waals surface area contributed by atoms with Gasteiger partial charge in [-0.2, -0.15) is 4.98 Å². The van der Waals surface area contributed by atoms with Gasteiger partial charge in [0, 0.05) is 79.2 Å². The first-order valence-corrected chi connectivity index (χ1v) is 27.4. The summed E-state index contributed by atoms with van der Waals surface area (Å²) in [7, 11) is 0.488. The van der Waals surface area contributed by atoms with Gasteiger partial charge in [-0.25, -0.2) is 9.59 Å². The first-order valence-electron chi connectivity index (χ1n) is 19.2. The molecule has 62 heavy (non-hydrogen) atoms. The molecule has 360 valence electrons. The van der Waals surface area contributed by atoms with E-state index in [-0.39, 0.29) is 43.4 Å². The number of hydrogen-bond donors (Lipinski definition) is 7. The van der Waals surface area contributed by atoms with Crippen molar-refractivity contribution < 1.29 is 76.1 Å². The molecule has 5 aliphatic rings. The molecule has 4 bridgehead atoms. The number of nitrogen functional groups attached to an aromatic ring is 1. The summed E-state index contributed by atoms with van der Waals surface area (Å²) in [5, 5.41) is 10.8. The van der Waals surface area contributed by atoms with Crippen molar-refractivity contribution >= 4 is 44.9 Å². The van der Waals surface area contributed by atoms with Crippen LogP contribution in [-0.2, 0) is 63.4 Å². The first-order chi connectivity index (χ1) is 28.6. The van der Waals surface area contributed by atoms with Gasteiger partial charge >= 0.3 is 19.3 Å². The number of nitrogens with one attached hydrogen (secondary N) is 1. The molecule has 4 saturated heterocycles. The Bertz CT molecular complexity index is 1800. The van der Waals surface area contributed by atoms with E-state index >= 15 is 0 Å². The number of hydrogen-bond acceptors (Lipinski definition) is 18. The Morgan fingerprint density at radius 3 is 1.76 bits per heavy atom. The topological polar surface area (TPSA) is 317 Å². The number of methoxy groups -OCH3 is 4. The fourth-order valence-electron chi connectivity index (χ4n) is 6.96. The summed E-state index contributed by atoms with van der Waals surface area (Å²) in [5.41, 5.74) is 11.4. The number of rotatable bonds is 11. The second-order valence-electron chi connectivity index (χ2n) is 15.7. The summed E-state index contributed by atoms with van der Waals surface area (Å²) in [5.74, 6) is 0.220. The quantitative estimate of drug-likeness (QED) is 0.149. The number of anilines is 1. The number of aliphatic hydroxyl groups excluding tert-OH is 1. The van der Waals surface area contributed by atoms with E-state index in [0.717, 1.165) is 12.2 Å². The minimum absolute atomic E-state index is 0.0791. The number of urea groups is 1. The number of ether oxygens (including phenoxy) is 8. The normalized spacial score (nSPS) is 31.0. The largest absolute Gasteiger partial charge is 0.394 e. The number of nitrogens with two attached hydrogens (primary N) is 2. The summed E-state index contributed by atoms with van der Waals surface area (Å²) in [6.07, 6.45) is -0.151. The van der Waals surface area contributed by atoms with Crippen LogP contribution in [0.1, 0.15) is 31.6 Å². The van der Waals surface area contributed by atoms with Crippen LogP contribution < -0.4 is 22.5 Å². The standard InChI is InChI=1S/C14H23N3O5.C14H21N3O5.C3H9O4P.C2H7O2P.C2H7OPS/c2*1-8-6-17(13(18)16-11(8)15)12-9-10(20-3)14(22-12,7-19-2)4-5-21-9;1-8(5,6)7-3-2-4;1-5(2,3)4;1-4(2,3)5/h6,9-12H,4-5,7,15H2,1-3H3,(H,16,18);6,9-10,12H,4-5,7H2,1-3H3,(H2,15,16,18);4H,2-3H2,1H3,(H,5,6);1-2H3,(H,3,4);1-2H3,(H,3,5)/t9-,10?,11?,12+,14+;9-,10?,12+,14+;;;/m00.../s1. The summed E-state index contributed by atoms with van der Waals surface area (Å²) in [6.45, 7) is 12.2. The maximum absolute atomic E-state index is 12.3. The van der Waals surface area contributed by atoms with Gasteiger partial charge in [0.2, 0.25) is 0 Å². The molecule has 1 aromatic heterocycles. The molecule has 0 aliphatic carbocycles. The number of nitrogens with zero attached hydrogens (tertiary/aromatic N) is 3. The molecule has 6 heterocycles. The summed E-state index contributed by atoms with van der Waals surface area (Å²) >= 11 is 4.49. The van der Waals surface area contributed by atoms with Gasteiger partial charge in [-0.1, -0.05) is 11.8 Å². The third kappa shape index (κ3) is 16.6. The summed E-state index contributed by atoms with van der Waals surface area (Å²) < 4.78 is 71.5. The predicted molar refractivity (Wildman–Crippen MR) is 233 cm³/mol. The van der Waals surface area contributed by atoms with E-state index in [9.17, 15) is 18.7 Å². The highest BCUT2D eigenvalue weighted by atomic mass is 32.4. The van der Waals surface area contributed by atoms with Gasteiger partial charge in [-0.3, -0.25) is 18.6 Å². The SMILES string of the molecule is COC[C@]12CCO[C@@H](C1OC)[C@H](N1C=C(C)C(N)NC1=O)O2.COC[C@]12CCO[C@@H](C1OC)[C@H](n1cc(C)c(N)nc1=O)O2.CP(=O)(O)OCCO.CP(C)(=O)O.CP(C)(O)=S. The van der Waals surface area contributed by atoms with Gasteiger partial charge in [-0.05, 0) is 32.8 Å². The molecule has 10 atom stereocenters. The highest BCUT2D eigenvalue weighted by Gasteiger charge is 2.61. The maximum Gasteiger partial charge on any atom is 0.351 e. The van der Waals surface area contributed by atoms with Gasteiger partial charge < -0.3 is 79.0 Å². The van der Waals surface area contributed by atoms with Crippen LogP contribution in [0.3, 0.4) is 0 Å². The number of amides is 2. The van der Waals surface area contributed by atoms with Crippen molar-refractivity contribution in [3.63, 3.8) is 0 Å². The minimum atomic E-state index is -3.34. The third-order valence-electron chi connectivity index (χ3n) is 9.35. The number of fused-ring (bicyclic) bond motifs is 4. The van der Waals surface area contributed by atoms with E-state index in [1.165, 1.54) is 22.8 Å². The summed E-state index contributed by atoms with van der Waals surface area (Å²) in [4.78, 5) is 54.7. The van der Waals surface area contributed by atoms with E-state index in [2.05, 4.69) is 26.6 Å². The van der Waals surface area contributed by atoms with Crippen LogP contribution in [0, 0.1) is 6.92 Å². The number of aromatic nitrogens is 2. The van der Waals surface area contributed by atoms with Crippen LogP contribution in [0.4, 0.5) is 10.6 Å². The molecule has 1 aromatic rings. The van der Waals surface area contributed by atoms with Crippen molar-refractivity contribution in [2.75, 3.05) is 107 Å². The van der Waals surface area contributed by atoms with E-state index in [1.807, 2.05) is 6.92 Å². The third-order valence-corrected chi connectivity index (χ3v) is 10.0. The second kappa shape index (κ2) is 24.1. The van der Waals surface area contributed by atoms with Crippen molar-refractivity contribution in [2.24, 2.45) is 5.73 Å². The molecule has 0 saturated carbocycles. The van der Waals surface area contributed by atoms with E-state index in [4.69, 9.17) is 69.1 Å². The molecule has 4 fully saturated rings. The first kappa shape index (κ1) is 56.4. The van der Waals surface area contributed by atoms with Crippen LogP contribution in [0.25, 0.3) is 0 Å². The molecule has 4 unspecified atom stereocenters. The van der Waals surface area contributed by atoms with Crippen molar-refractivity contribution in [3.8, 4) is 0 Å². The Labute approximate surface area is 367 Å². The average Bonchev–Trinajstić information content (AvgIpc) is 3.42. The minimum Gasteiger partial charge on any atom is -0.394 e. The molecule has 0 aromatic carbocycles. The lowest BCUT2D eigenvalue weighted by molar-refractivity contribution is -0.160. The van der Waals surface area contributed by atoms with E-state index < -0.39 is 62.8 Å². The zero-order valence-corrected chi connectivity index (χ0v) is 40.7. The zero-order valence-electron chi connectivity index (χ0n) is 37.2. The second-order valence-corrected chi connectivity index (χ2v) is 25.4. The van der Waals surface area contributed by atoms with Crippen molar-refractivity contribution in [1.29, 1.82) is 0 Å². The lowest BCUT2D eigenvalue weighted by atomic mass is 9.90. The average molecular weight is 969 g/mol. The summed E-state index contributed by atoms with van der Waals surface area (Å²) in [6, 6.07) is -0.304. The van der Waals surface area contributed by atoms with Gasteiger partial charge in [0.05, 0.1) is 45.9 Å². The molecule has 2 amide bonds. The van der Waals surface area contributed by atoms with Gasteiger partial charge in [0.25, 0.3) is 0 Å². The molecule has 9 N–H and O–H groups in total. The van der Waals surface area contributed by atoms with Crippen LogP contribution in [0.2, 0.25) is 0 Å². The van der Waals surface area contributed by atoms with Crippen molar-refractivity contribution in [1.82, 2.24) is 19.8 Å². The Morgan fingerprint density at radius 1 is 0.903 bits per heavy atom. The van der Waals surface area contributed by atoms with Gasteiger partial charge in [-0.15, -0.1) is 0 Å². The predicted octanol–water partition coefficient (Wildman–Crippen LogP) is 0.557. The number of aryl methyl sites for hydroxylation is 1. The van der Waals surface area contributed by atoms with Crippen LogP contribution in [0.5, 0.6) is 0 Å². The zero-order chi connectivity index (χ0) is 47.4. The Morgan fingerprint density at radius 2 is 1.35 bits per heavy atom. The van der Waals surface area contributed by atoms with E-state index in [0.29, 0.717) is 44.8 Å². The molecular formula is C35H67N6O17P3S. The number of carbonyl (C=O) groups excluding carboxylic acids is 1. The molecular weight excluding hydrogens is 901 g/mol. The number of carbonyl (C=O) groups is 1. The fraction of sp³-hybridized carbons (Fsp3) is 0.800. The van der Waals surface area contributed by atoms with Crippen LogP contribution >= 0.6 is 21.2 Å². The van der Waals surface area contributed by atoms with Crippen molar-refractivity contribution in [2.45, 2.75) is 80.9 Å². The van der Waals surface area contributed by atoms with Gasteiger partial charge in [0.15, 0.2) is 19.8 Å². The smallest absolute Gasteiger partial charge is 0.351 e. The van der Waals surface area contributed by atoms with E-state index in [1.54, 1.807) is 61.1 Å². The fourth-order valence-corrected chi connectivity index (χ4v) is 7.38. The number of aliphatic hydroxyl groups is 1. The Hall–Kier alpha value is -1.76. The molecule has 5 aliphatic heterocycles. The van der Waals surface area contributed by atoms with Gasteiger partial charge in [0.1, 0.15) is 47.6 Å². The van der Waals surface area contributed by atoms with Crippen LogP contribution in [-0.4, -0.2) is 190 Å². The monoisotopic (exact) mass is 968 g/mol. The molecule has 0 spiro atoms. The lowest BCUT2D eigenvalue weighted by Gasteiger charge is -2.37. The molecule has 23 nitrogen and oxygen atoms in total. The molecule has 0 radical (unpaired) electrons. The van der Waals surface area contributed by atoms with Crippen molar-refractivity contribution in [3.05, 3.63) is 34.0 Å². The molecule has 27 heteroatoms. The molecule has 6 rings (SSSR count). The highest BCUT2D eigenvalue weighted by Crippen LogP contribution is 2.46. The Balaban J connectivity index is 0.000000309. The maximum atomic E-state index is 12.3. The Kier molecular flexibility index (Phi) is 21.9. The van der Waals surface area contributed by atoms with Crippen LogP contribution in [0.15, 0.2) is 22.8 Å². The highest BCUT2D eigenvalue weighted by molar-refractivity contribution is 8.11. The lowest BCUT2D eigenvalue weighted by Crippen LogP contribution is -2.57.